The molecule has 0 saturated carbocycles. The van der Waals surface area contributed by atoms with E-state index < -0.39 is 0 Å². The standard InChI is InChI=1S/C14H14N2O2/c1-9-7-13(18-3)10(2)6-12(9)14(17)11-4-5-15-16-8-11/h4-8H,1-3H3. The maximum atomic E-state index is 12.3. The number of methoxy groups -OCH3 is 1. The molecule has 1 aromatic carbocycles. The van der Waals surface area contributed by atoms with Gasteiger partial charge in [-0.25, -0.2) is 0 Å². The van der Waals surface area contributed by atoms with Crippen LogP contribution in [-0.2, 0) is 0 Å². The highest BCUT2D eigenvalue weighted by molar-refractivity contribution is 6.09. The summed E-state index contributed by atoms with van der Waals surface area (Å²) < 4.78 is 5.23. The summed E-state index contributed by atoms with van der Waals surface area (Å²) in [5.74, 6) is 0.741. The van der Waals surface area contributed by atoms with E-state index in [-0.39, 0.29) is 5.78 Å². The average molecular weight is 242 g/mol. The lowest BCUT2D eigenvalue weighted by Crippen LogP contribution is -2.05. The van der Waals surface area contributed by atoms with E-state index >= 15 is 0 Å². The Balaban J connectivity index is 2.46. The van der Waals surface area contributed by atoms with Crippen molar-refractivity contribution in [2.75, 3.05) is 7.11 Å². The summed E-state index contributed by atoms with van der Waals surface area (Å²) in [7, 11) is 1.62. The highest BCUT2D eigenvalue weighted by Crippen LogP contribution is 2.24. The maximum absolute atomic E-state index is 12.3. The molecule has 0 aliphatic carbocycles. The third-order valence-corrected chi connectivity index (χ3v) is 2.83. The van der Waals surface area contributed by atoms with Crippen molar-refractivity contribution < 1.29 is 9.53 Å². The fourth-order valence-electron chi connectivity index (χ4n) is 1.83. The summed E-state index contributed by atoms with van der Waals surface area (Å²) >= 11 is 0. The summed E-state index contributed by atoms with van der Waals surface area (Å²) in [6.07, 6.45) is 2.99. The van der Waals surface area contributed by atoms with Crippen LogP contribution in [0, 0.1) is 13.8 Å². The predicted molar refractivity (Wildman–Crippen MR) is 67.9 cm³/mol. The molecule has 1 heterocycles. The van der Waals surface area contributed by atoms with E-state index in [2.05, 4.69) is 10.2 Å². The quantitative estimate of drug-likeness (QED) is 0.775. The van der Waals surface area contributed by atoms with E-state index in [1.54, 1.807) is 13.2 Å². The Morgan fingerprint density at radius 1 is 1.17 bits per heavy atom. The SMILES string of the molecule is COc1cc(C)c(C(=O)c2ccnnc2)cc1C. The fourth-order valence-corrected chi connectivity index (χ4v) is 1.83. The molecule has 4 heteroatoms. The van der Waals surface area contributed by atoms with Gasteiger partial charge in [-0.1, -0.05) is 0 Å². The van der Waals surface area contributed by atoms with Crippen LogP contribution in [0.25, 0.3) is 0 Å². The van der Waals surface area contributed by atoms with E-state index in [1.807, 2.05) is 26.0 Å². The fraction of sp³-hybridized carbons (Fsp3) is 0.214. The van der Waals surface area contributed by atoms with Crippen molar-refractivity contribution in [1.82, 2.24) is 10.2 Å². The molecule has 0 saturated heterocycles. The van der Waals surface area contributed by atoms with Gasteiger partial charge in [-0.15, -0.1) is 0 Å². The normalized spacial score (nSPS) is 10.2. The van der Waals surface area contributed by atoms with Gasteiger partial charge in [0.05, 0.1) is 19.5 Å². The van der Waals surface area contributed by atoms with Crippen LogP contribution in [0.4, 0.5) is 0 Å². The molecule has 4 nitrogen and oxygen atoms in total. The number of aryl methyl sites for hydroxylation is 2. The molecule has 1 aromatic heterocycles. The van der Waals surface area contributed by atoms with Crippen molar-refractivity contribution in [1.29, 1.82) is 0 Å². The Bertz CT molecular complexity index is 580. The van der Waals surface area contributed by atoms with Crippen molar-refractivity contribution in [3.63, 3.8) is 0 Å². The second-order valence-electron chi connectivity index (χ2n) is 4.10. The smallest absolute Gasteiger partial charge is 0.194 e. The van der Waals surface area contributed by atoms with E-state index in [1.165, 1.54) is 12.4 Å². The van der Waals surface area contributed by atoms with E-state index in [0.717, 1.165) is 16.9 Å². The van der Waals surface area contributed by atoms with Gasteiger partial charge in [0.1, 0.15) is 5.75 Å². The van der Waals surface area contributed by atoms with Gasteiger partial charge < -0.3 is 4.74 Å². The largest absolute Gasteiger partial charge is 0.496 e. The molecule has 0 unspecified atom stereocenters. The molecule has 0 atom stereocenters. The Labute approximate surface area is 106 Å². The van der Waals surface area contributed by atoms with Crippen LogP contribution in [0.5, 0.6) is 5.75 Å². The van der Waals surface area contributed by atoms with Gasteiger partial charge in [0.2, 0.25) is 0 Å². The number of hydrogen-bond acceptors (Lipinski definition) is 4. The zero-order valence-corrected chi connectivity index (χ0v) is 10.6. The second kappa shape index (κ2) is 4.96. The molecule has 0 fully saturated rings. The molecular formula is C14H14N2O2. The van der Waals surface area contributed by atoms with Crippen molar-refractivity contribution in [2.45, 2.75) is 13.8 Å². The number of hydrogen-bond donors (Lipinski definition) is 0. The number of carbonyl (C=O) groups is 1. The molecule has 0 spiro atoms. The highest BCUT2D eigenvalue weighted by Gasteiger charge is 2.14. The Morgan fingerprint density at radius 2 is 1.94 bits per heavy atom. The van der Waals surface area contributed by atoms with Crippen molar-refractivity contribution in [2.24, 2.45) is 0 Å². The van der Waals surface area contributed by atoms with E-state index in [9.17, 15) is 4.79 Å². The van der Waals surface area contributed by atoms with Gasteiger partial charge in [0, 0.05) is 11.1 Å². The minimum Gasteiger partial charge on any atom is -0.496 e. The highest BCUT2D eigenvalue weighted by atomic mass is 16.5. The summed E-state index contributed by atoms with van der Waals surface area (Å²) in [5.41, 5.74) is 3.03. The molecule has 0 aliphatic rings. The minimum atomic E-state index is -0.0480. The summed E-state index contributed by atoms with van der Waals surface area (Å²) in [6.45, 7) is 3.81. The zero-order chi connectivity index (χ0) is 13.1. The summed E-state index contributed by atoms with van der Waals surface area (Å²) in [6, 6.07) is 5.38. The molecule has 0 radical (unpaired) electrons. The first-order valence-electron chi connectivity index (χ1n) is 5.60. The third-order valence-electron chi connectivity index (χ3n) is 2.83. The number of benzene rings is 1. The van der Waals surface area contributed by atoms with Crippen LogP contribution < -0.4 is 4.74 Å². The van der Waals surface area contributed by atoms with E-state index in [0.29, 0.717) is 11.1 Å². The minimum absolute atomic E-state index is 0.0480. The van der Waals surface area contributed by atoms with Crippen molar-refractivity contribution in [3.8, 4) is 5.75 Å². The van der Waals surface area contributed by atoms with Crippen LogP contribution >= 0.6 is 0 Å². The van der Waals surface area contributed by atoms with Gasteiger partial charge in [-0.05, 0) is 43.2 Å². The van der Waals surface area contributed by atoms with Gasteiger partial charge >= 0.3 is 0 Å². The molecule has 0 aliphatic heterocycles. The molecule has 92 valence electrons. The maximum Gasteiger partial charge on any atom is 0.194 e. The second-order valence-corrected chi connectivity index (χ2v) is 4.10. The molecule has 18 heavy (non-hydrogen) atoms. The first kappa shape index (κ1) is 12.2. The summed E-state index contributed by atoms with van der Waals surface area (Å²) in [4.78, 5) is 12.3. The van der Waals surface area contributed by atoms with Gasteiger partial charge in [-0.3, -0.25) is 4.79 Å². The molecule has 0 amide bonds. The van der Waals surface area contributed by atoms with Crippen LogP contribution in [0.2, 0.25) is 0 Å². The van der Waals surface area contributed by atoms with Crippen molar-refractivity contribution >= 4 is 5.78 Å². The lowest BCUT2D eigenvalue weighted by Gasteiger charge is -2.10. The van der Waals surface area contributed by atoms with Gasteiger partial charge in [0.25, 0.3) is 0 Å². The molecule has 2 rings (SSSR count). The summed E-state index contributed by atoms with van der Waals surface area (Å²) in [5, 5.41) is 7.39. The van der Waals surface area contributed by atoms with Crippen LogP contribution in [-0.4, -0.2) is 23.1 Å². The Hall–Kier alpha value is -2.23. The molecular weight excluding hydrogens is 228 g/mol. The molecule has 0 N–H and O–H groups in total. The monoisotopic (exact) mass is 242 g/mol. The number of ketones is 1. The van der Waals surface area contributed by atoms with E-state index in [4.69, 9.17) is 4.74 Å². The van der Waals surface area contributed by atoms with Crippen LogP contribution in [0.3, 0.4) is 0 Å². The van der Waals surface area contributed by atoms with Gasteiger partial charge in [-0.2, -0.15) is 10.2 Å². The Morgan fingerprint density at radius 3 is 2.56 bits per heavy atom. The van der Waals surface area contributed by atoms with Crippen LogP contribution in [0.15, 0.2) is 30.6 Å². The molecule has 2 aromatic rings. The molecule has 0 bridgehead atoms. The average Bonchev–Trinajstić information content (AvgIpc) is 2.41. The number of carbonyl (C=O) groups excluding carboxylic acids is 1. The number of nitrogens with zero attached hydrogens (tertiary/aromatic N) is 2. The number of rotatable bonds is 3. The topological polar surface area (TPSA) is 52.1 Å². The van der Waals surface area contributed by atoms with Crippen molar-refractivity contribution in [3.05, 3.63) is 52.8 Å². The zero-order valence-electron chi connectivity index (χ0n) is 10.6. The lowest BCUT2D eigenvalue weighted by molar-refractivity contribution is 0.103. The number of aromatic nitrogens is 2. The lowest BCUT2D eigenvalue weighted by atomic mass is 9.98. The Kier molecular flexibility index (Phi) is 3.37. The third kappa shape index (κ3) is 2.22. The van der Waals surface area contributed by atoms with Crippen LogP contribution in [0.1, 0.15) is 27.0 Å². The first-order chi connectivity index (χ1) is 8.63. The predicted octanol–water partition coefficient (Wildman–Crippen LogP) is 2.33. The first-order valence-corrected chi connectivity index (χ1v) is 5.60. The number of ether oxygens (including phenoxy) is 1. The van der Waals surface area contributed by atoms with Gasteiger partial charge in [0.15, 0.2) is 5.78 Å².